The summed E-state index contributed by atoms with van der Waals surface area (Å²) in [5, 5.41) is 8.74. The van der Waals surface area contributed by atoms with E-state index in [1.54, 1.807) is 0 Å². The molecule has 0 bridgehead atoms. The first-order valence-corrected chi connectivity index (χ1v) is 6.23. The summed E-state index contributed by atoms with van der Waals surface area (Å²) < 4.78 is 0. The standard InChI is InChI=1S/C15H19NO/c1-3-13(9-10-15(17)4-2)14-7-5-12(11-16)6-8-14/h5-8,13H,3-4,9-10H2,1-2H3. The van der Waals surface area contributed by atoms with E-state index in [0.29, 0.717) is 30.1 Å². The Kier molecular flexibility index (Phi) is 5.42. The SMILES string of the molecule is CCC(=O)CCC(CC)c1ccc(C#N)cc1. The lowest BCUT2D eigenvalue weighted by Gasteiger charge is -2.14. The summed E-state index contributed by atoms with van der Waals surface area (Å²) in [6.07, 6.45) is 3.23. The molecule has 0 heterocycles. The molecule has 0 saturated heterocycles. The first kappa shape index (κ1) is 13.4. The number of Topliss-reactive ketones (excluding diaryl/α,β-unsaturated/α-hetero) is 1. The van der Waals surface area contributed by atoms with Crippen molar-refractivity contribution in [2.45, 2.75) is 45.4 Å². The molecule has 2 nitrogen and oxygen atoms in total. The van der Waals surface area contributed by atoms with Gasteiger partial charge in [-0.2, -0.15) is 5.26 Å². The van der Waals surface area contributed by atoms with Crippen LogP contribution in [0.4, 0.5) is 0 Å². The average Bonchev–Trinajstić information content (AvgIpc) is 2.39. The Bertz CT molecular complexity index is 400. The fourth-order valence-corrected chi connectivity index (χ4v) is 1.95. The van der Waals surface area contributed by atoms with Gasteiger partial charge in [0, 0.05) is 12.8 Å². The van der Waals surface area contributed by atoms with Gasteiger partial charge in [0.1, 0.15) is 5.78 Å². The van der Waals surface area contributed by atoms with Crippen LogP contribution in [0.25, 0.3) is 0 Å². The van der Waals surface area contributed by atoms with E-state index in [0.717, 1.165) is 12.8 Å². The van der Waals surface area contributed by atoms with Gasteiger partial charge in [0.25, 0.3) is 0 Å². The summed E-state index contributed by atoms with van der Waals surface area (Å²) in [5.41, 5.74) is 1.92. The van der Waals surface area contributed by atoms with Gasteiger partial charge in [-0.15, -0.1) is 0 Å². The maximum absolute atomic E-state index is 11.3. The first-order valence-electron chi connectivity index (χ1n) is 6.23. The smallest absolute Gasteiger partial charge is 0.132 e. The van der Waals surface area contributed by atoms with Crippen LogP contribution >= 0.6 is 0 Å². The first-order chi connectivity index (χ1) is 8.21. The molecule has 0 radical (unpaired) electrons. The highest BCUT2D eigenvalue weighted by molar-refractivity contribution is 5.78. The second kappa shape index (κ2) is 6.85. The Balaban J connectivity index is 2.66. The molecule has 17 heavy (non-hydrogen) atoms. The number of nitrogens with zero attached hydrogens (tertiary/aromatic N) is 1. The molecule has 0 fully saturated rings. The Morgan fingerprint density at radius 1 is 1.29 bits per heavy atom. The predicted octanol–water partition coefficient (Wildman–Crippen LogP) is 3.81. The van der Waals surface area contributed by atoms with Crippen molar-refractivity contribution < 1.29 is 4.79 Å². The number of rotatable bonds is 6. The van der Waals surface area contributed by atoms with Crippen LogP contribution in [0, 0.1) is 11.3 Å². The molecular formula is C15H19NO. The van der Waals surface area contributed by atoms with Crippen molar-refractivity contribution in [3.63, 3.8) is 0 Å². The number of carbonyl (C=O) groups is 1. The highest BCUT2D eigenvalue weighted by Crippen LogP contribution is 2.25. The minimum Gasteiger partial charge on any atom is -0.300 e. The van der Waals surface area contributed by atoms with Gasteiger partial charge in [-0.3, -0.25) is 4.79 Å². The number of carbonyl (C=O) groups excluding carboxylic acids is 1. The molecule has 1 unspecified atom stereocenters. The van der Waals surface area contributed by atoms with E-state index in [4.69, 9.17) is 5.26 Å². The lowest BCUT2D eigenvalue weighted by Crippen LogP contribution is -2.02. The van der Waals surface area contributed by atoms with E-state index in [-0.39, 0.29) is 0 Å². The molecule has 0 spiro atoms. The maximum atomic E-state index is 11.3. The molecule has 1 rings (SSSR count). The molecule has 0 N–H and O–H groups in total. The minimum absolute atomic E-state index is 0.331. The zero-order valence-electron chi connectivity index (χ0n) is 10.6. The van der Waals surface area contributed by atoms with E-state index in [2.05, 4.69) is 13.0 Å². The van der Waals surface area contributed by atoms with Crippen molar-refractivity contribution >= 4 is 5.78 Å². The lowest BCUT2D eigenvalue weighted by atomic mass is 9.90. The Labute approximate surface area is 103 Å². The van der Waals surface area contributed by atoms with Crippen LogP contribution in [0.1, 0.15) is 56.6 Å². The largest absolute Gasteiger partial charge is 0.300 e. The number of ketones is 1. The summed E-state index contributed by atoms with van der Waals surface area (Å²) in [6, 6.07) is 9.82. The molecule has 0 amide bonds. The van der Waals surface area contributed by atoms with Gasteiger partial charge in [-0.1, -0.05) is 26.0 Å². The summed E-state index contributed by atoms with van der Waals surface area (Å²) in [7, 11) is 0. The molecule has 1 aromatic rings. The monoisotopic (exact) mass is 229 g/mol. The molecule has 0 aromatic heterocycles. The predicted molar refractivity (Wildman–Crippen MR) is 68.7 cm³/mol. The molecule has 2 heteroatoms. The Hall–Kier alpha value is -1.62. The van der Waals surface area contributed by atoms with Crippen LogP contribution in [0.5, 0.6) is 0 Å². The second-order valence-electron chi connectivity index (χ2n) is 4.27. The Morgan fingerprint density at radius 3 is 2.41 bits per heavy atom. The van der Waals surface area contributed by atoms with E-state index in [1.807, 2.05) is 31.2 Å². The third-order valence-electron chi connectivity index (χ3n) is 3.17. The van der Waals surface area contributed by atoms with Crippen LogP contribution < -0.4 is 0 Å². The zero-order chi connectivity index (χ0) is 12.7. The fraction of sp³-hybridized carbons (Fsp3) is 0.467. The molecule has 1 aromatic carbocycles. The van der Waals surface area contributed by atoms with Crippen LogP contribution in [0.2, 0.25) is 0 Å². The van der Waals surface area contributed by atoms with E-state index in [1.165, 1.54) is 5.56 Å². The van der Waals surface area contributed by atoms with Crippen LogP contribution in [0.15, 0.2) is 24.3 Å². The van der Waals surface area contributed by atoms with E-state index < -0.39 is 0 Å². The fourth-order valence-electron chi connectivity index (χ4n) is 1.95. The summed E-state index contributed by atoms with van der Waals surface area (Å²) in [4.78, 5) is 11.3. The van der Waals surface area contributed by atoms with Crippen molar-refractivity contribution in [3.8, 4) is 6.07 Å². The van der Waals surface area contributed by atoms with Crippen molar-refractivity contribution in [2.24, 2.45) is 0 Å². The van der Waals surface area contributed by atoms with Gasteiger partial charge < -0.3 is 0 Å². The van der Waals surface area contributed by atoms with Gasteiger partial charge >= 0.3 is 0 Å². The highest BCUT2D eigenvalue weighted by Gasteiger charge is 2.11. The highest BCUT2D eigenvalue weighted by atomic mass is 16.1. The topological polar surface area (TPSA) is 40.9 Å². The van der Waals surface area contributed by atoms with Gasteiger partial charge in [0.2, 0.25) is 0 Å². The summed E-state index contributed by atoms with van der Waals surface area (Å²) in [6.45, 7) is 4.05. The number of nitriles is 1. The van der Waals surface area contributed by atoms with E-state index in [9.17, 15) is 4.79 Å². The molecule has 1 atom stereocenters. The average molecular weight is 229 g/mol. The minimum atomic E-state index is 0.331. The normalized spacial score (nSPS) is 11.8. The zero-order valence-corrected chi connectivity index (χ0v) is 10.6. The summed E-state index contributed by atoms with van der Waals surface area (Å²) in [5.74, 6) is 0.760. The van der Waals surface area contributed by atoms with Crippen molar-refractivity contribution in [3.05, 3.63) is 35.4 Å². The van der Waals surface area contributed by atoms with Gasteiger partial charge in [-0.25, -0.2) is 0 Å². The lowest BCUT2D eigenvalue weighted by molar-refractivity contribution is -0.118. The van der Waals surface area contributed by atoms with Gasteiger partial charge in [0.05, 0.1) is 11.6 Å². The van der Waals surface area contributed by atoms with Crippen molar-refractivity contribution in [2.75, 3.05) is 0 Å². The van der Waals surface area contributed by atoms with Gasteiger partial charge in [-0.05, 0) is 36.5 Å². The van der Waals surface area contributed by atoms with Crippen LogP contribution in [-0.4, -0.2) is 5.78 Å². The van der Waals surface area contributed by atoms with Gasteiger partial charge in [0.15, 0.2) is 0 Å². The summed E-state index contributed by atoms with van der Waals surface area (Å²) >= 11 is 0. The number of benzene rings is 1. The van der Waals surface area contributed by atoms with Crippen LogP contribution in [-0.2, 0) is 4.79 Å². The molecular weight excluding hydrogens is 210 g/mol. The molecule has 0 aliphatic heterocycles. The quantitative estimate of drug-likeness (QED) is 0.744. The third-order valence-corrected chi connectivity index (χ3v) is 3.17. The van der Waals surface area contributed by atoms with Crippen molar-refractivity contribution in [1.29, 1.82) is 5.26 Å². The maximum Gasteiger partial charge on any atom is 0.132 e. The second-order valence-corrected chi connectivity index (χ2v) is 4.27. The number of hydrogen-bond acceptors (Lipinski definition) is 2. The molecule has 0 saturated carbocycles. The molecule has 0 aliphatic rings. The molecule has 0 aliphatic carbocycles. The Morgan fingerprint density at radius 2 is 1.94 bits per heavy atom. The van der Waals surface area contributed by atoms with E-state index >= 15 is 0 Å². The number of hydrogen-bond donors (Lipinski definition) is 0. The van der Waals surface area contributed by atoms with Crippen LogP contribution in [0.3, 0.4) is 0 Å². The molecule has 90 valence electrons. The third kappa shape index (κ3) is 4.03. The van der Waals surface area contributed by atoms with Crippen molar-refractivity contribution in [1.82, 2.24) is 0 Å².